The van der Waals surface area contributed by atoms with Gasteiger partial charge in [0.15, 0.2) is 0 Å². The SMILES string of the molecule is CCCSC(=S)NS(=O)(=O)Oc1nc2ccccc2[nH]1. The highest BCUT2D eigenvalue weighted by Crippen LogP contribution is 2.16. The zero-order valence-corrected chi connectivity index (χ0v) is 13.1. The van der Waals surface area contributed by atoms with Crippen molar-refractivity contribution in [3.8, 4) is 6.01 Å². The van der Waals surface area contributed by atoms with E-state index in [1.165, 1.54) is 11.8 Å². The van der Waals surface area contributed by atoms with Crippen molar-refractivity contribution < 1.29 is 12.6 Å². The number of imidazole rings is 1. The number of fused-ring (bicyclic) bond motifs is 1. The number of nitrogens with one attached hydrogen (secondary N) is 2. The first-order chi connectivity index (χ1) is 9.50. The molecule has 0 amide bonds. The van der Waals surface area contributed by atoms with Crippen molar-refractivity contribution in [1.82, 2.24) is 14.7 Å². The van der Waals surface area contributed by atoms with Gasteiger partial charge in [-0.25, -0.2) is 4.72 Å². The smallest absolute Gasteiger partial charge is 0.329 e. The number of aromatic amines is 1. The molecule has 0 fully saturated rings. The molecule has 0 aliphatic heterocycles. The fourth-order valence-electron chi connectivity index (χ4n) is 1.42. The molecule has 1 heterocycles. The number of rotatable bonds is 5. The molecule has 2 N–H and O–H groups in total. The minimum Gasteiger partial charge on any atom is -0.329 e. The number of hydrogen-bond acceptors (Lipinski definition) is 6. The van der Waals surface area contributed by atoms with Crippen LogP contribution in [0, 0.1) is 0 Å². The van der Waals surface area contributed by atoms with Crippen LogP contribution in [0.4, 0.5) is 0 Å². The van der Waals surface area contributed by atoms with Gasteiger partial charge in [-0.2, -0.15) is 13.4 Å². The number of nitrogens with zero attached hydrogens (tertiary/aromatic N) is 1. The Morgan fingerprint density at radius 1 is 1.50 bits per heavy atom. The minimum atomic E-state index is -4.02. The van der Waals surface area contributed by atoms with E-state index >= 15 is 0 Å². The van der Waals surface area contributed by atoms with Crippen molar-refractivity contribution in [3.63, 3.8) is 0 Å². The number of thioether (sulfide) groups is 1. The van der Waals surface area contributed by atoms with Crippen LogP contribution in [-0.4, -0.2) is 28.5 Å². The predicted molar refractivity (Wildman–Crippen MR) is 84.1 cm³/mol. The van der Waals surface area contributed by atoms with E-state index < -0.39 is 10.3 Å². The van der Waals surface area contributed by atoms with Gasteiger partial charge in [-0.1, -0.05) is 43.0 Å². The normalized spacial score (nSPS) is 11.4. The van der Waals surface area contributed by atoms with E-state index in [1.54, 1.807) is 18.2 Å². The van der Waals surface area contributed by atoms with Crippen LogP contribution in [0.2, 0.25) is 0 Å². The molecule has 20 heavy (non-hydrogen) atoms. The predicted octanol–water partition coefficient (Wildman–Crippen LogP) is 2.20. The lowest BCUT2D eigenvalue weighted by Gasteiger charge is -2.06. The topological polar surface area (TPSA) is 84.1 Å². The van der Waals surface area contributed by atoms with Crippen molar-refractivity contribution in [2.45, 2.75) is 13.3 Å². The van der Waals surface area contributed by atoms with Crippen molar-refractivity contribution in [2.24, 2.45) is 0 Å². The van der Waals surface area contributed by atoms with Gasteiger partial charge in [0.1, 0.15) is 4.32 Å². The Morgan fingerprint density at radius 2 is 2.25 bits per heavy atom. The zero-order chi connectivity index (χ0) is 14.6. The van der Waals surface area contributed by atoms with E-state index in [4.69, 9.17) is 16.4 Å². The molecule has 1 aromatic carbocycles. The first-order valence-electron chi connectivity index (χ1n) is 5.84. The molecule has 0 bridgehead atoms. The number of benzene rings is 1. The molecular formula is C11H13N3O3S3. The molecule has 1 aromatic heterocycles. The van der Waals surface area contributed by atoms with Crippen LogP contribution in [0.15, 0.2) is 24.3 Å². The van der Waals surface area contributed by atoms with E-state index in [2.05, 4.69) is 14.7 Å². The number of para-hydroxylation sites is 2. The first-order valence-corrected chi connectivity index (χ1v) is 8.64. The third-order valence-electron chi connectivity index (χ3n) is 2.20. The van der Waals surface area contributed by atoms with Gasteiger partial charge in [-0.3, -0.25) is 0 Å². The van der Waals surface area contributed by atoms with Gasteiger partial charge in [0.25, 0.3) is 0 Å². The molecule has 0 spiro atoms. The molecule has 0 aliphatic rings. The van der Waals surface area contributed by atoms with Crippen molar-refractivity contribution in [3.05, 3.63) is 24.3 Å². The Hall–Kier alpha value is -1.32. The summed E-state index contributed by atoms with van der Waals surface area (Å²) in [6, 6.07) is 7.04. The Balaban J connectivity index is 2.05. The summed E-state index contributed by atoms with van der Waals surface area (Å²) in [5.41, 5.74) is 1.32. The van der Waals surface area contributed by atoms with Gasteiger partial charge in [0, 0.05) is 5.75 Å². The second-order valence-corrected chi connectivity index (χ2v) is 6.89. The molecule has 6 nitrogen and oxygen atoms in total. The average Bonchev–Trinajstić information content (AvgIpc) is 2.76. The molecular weight excluding hydrogens is 318 g/mol. The van der Waals surface area contributed by atoms with Gasteiger partial charge in [0.05, 0.1) is 11.0 Å². The third kappa shape index (κ3) is 4.09. The monoisotopic (exact) mass is 331 g/mol. The molecule has 2 aromatic rings. The van der Waals surface area contributed by atoms with Gasteiger partial charge < -0.3 is 9.17 Å². The molecule has 0 unspecified atom stereocenters. The lowest BCUT2D eigenvalue weighted by atomic mass is 10.3. The molecule has 0 atom stereocenters. The highest BCUT2D eigenvalue weighted by molar-refractivity contribution is 8.23. The quantitative estimate of drug-likeness (QED) is 0.817. The number of H-pyrrole nitrogens is 1. The maximum absolute atomic E-state index is 11.8. The summed E-state index contributed by atoms with van der Waals surface area (Å²) < 4.78 is 30.7. The molecule has 0 saturated heterocycles. The Bertz CT molecular complexity index is 679. The van der Waals surface area contributed by atoms with Gasteiger partial charge in [0.2, 0.25) is 0 Å². The lowest BCUT2D eigenvalue weighted by Crippen LogP contribution is -2.31. The number of hydrogen-bond donors (Lipinski definition) is 2. The van der Waals surface area contributed by atoms with Crippen LogP contribution in [-0.2, 0) is 10.3 Å². The summed E-state index contributed by atoms with van der Waals surface area (Å²) in [5, 5.41) is 0. The highest BCUT2D eigenvalue weighted by Gasteiger charge is 2.17. The van der Waals surface area contributed by atoms with Gasteiger partial charge in [-0.05, 0) is 18.6 Å². The summed E-state index contributed by atoms with van der Waals surface area (Å²) in [6.45, 7) is 1.98. The molecule has 2 rings (SSSR count). The summed E-state index contributed by atoms with van der Waals surface area (Å²) in [5.74, 6) is 0.742. The highest BCUT2D eigenvalue weighted by atomic mass is 32.2. The summed E-state index contributed by atoms with van der Waals surface area (Å²) in [6.07, 6.45) is 0.900. The fraction of sp³-hybridized carbons (Fsp3) is 0.273. The van der Waals surface area contributed by atoms with E-state index in [9.17, 15) is 8.42 Å². The van der Waals surface area contributed by atoms with Crippen LogP contribution in [0.3, 0.4) is 0 Å². The second kappa shape index (κ2) is 6.42. The molecule has 0 radical (unpaired) electrons. The van der Waals surface area contributed by atoms with Crippen LogP contribution in [0.1, 0.15) is 13.3 Å². The summed E-state index contributed by atoms with van der Waals surface area (Å²) >= 11 is 6.16. The third-order valence-corrected chi connectivity index (χ3v) is 4.72. The summed E-state index contributed by atoms with van der Waals surface area (Å²) in [7, 11) is -4.02. The number of aromatic nitrogens is 2. The lowest BCUT2D eigenvalue weighted by molar-refractivity contribution is 0.465. The number of thiocarbonyl (C=S) groups is 1. The van der Waals surface area contributed by atoms with Crippen LogP contribution in [0.25, 0.3) is 11.0 Å². The van der Waals surface area contributed by atoms with E-state index in [0.29, 0.717) is 11.0 Å². The maximum Gasteiger partial charge on any atom is 0.411 e. The van der Waals surface area contributed by atoms with Crippen LogP contribution in [0.5, 0.6) is 6.01 Å². The Morgan fingerprint density at radius 3 is 2.95 bits per heavy atom. The standard InChI is InChI=1S/C11H13N3O3S3/c1-2-7-19-11(18)14-20(15,16)17-10-12-8-5-3-4-6-9(8)13-10/h3-6H,2,7H2,1H3,(H,12,13)(H,14,18). The van der Waals surface area contributed by atoms with Crippen molar-refractivity contribution in [2.75, 3.05) is 5.75 Å². The van der Waals surface area contributed by atoms with E-state index in [0.717, 1.165) is 12.2 Å². The van der Waals surface area contributed by atoms with E-state index in [1.807, 2.05) is 13.0 Å². The Kier molecular flexibility index (Phi) is 4.84. The van der Waals surface area contributed by atoms with Crippen LogP contribution >= 0.6 is 24.0 Å². The second-order valence-electron chi connectivity index (χ2n) is 3.83. The first kappa shape index (κ1) is 15.1. The van der Waals surface area contributed by atoms with Gasteiger partial charge in [-0.15, -0.1) is 0 Å². The minimum absolute atomic E-state index is 0.0954. The zero-order valence-electron chi connectivity index (χ0n) is 10.6. The van der Waals surface area contributed by atoms with Crippen molar-refractivity contribution in [1.29, 1.82) is 0 Å². The maximum atomic E-state index is 11.8. The molecule has 108 valence electrons. The van der Waals surface area contributed by atoms with Gasteiger partial charge >= 0.3 is 16.3 Å². The fourth-order valence-corrected chi connectivity index (χ4v) is 3.44. The molecule has 0 saturated carbocycles. The largest absolute Gasteiger partial charge is 0.411 e. The van der Waals surface area contributed by atoms with Crippen LogP contribution < -0.4 is 8.91 Å². The average molecular weight is 331 g/mol. The Labute approximate surface area is 126 Å². The van der Waals surface area contributed by atoms with E-state index in [-0.39, 0.29) is 10.3 Å². The summed E-state index contributed by atoms with van der Waals surface area (Å²) in [4.78, 5) is 6.79. The molecule has 9 heteroatoms. The molecule has 0 aliphatic carbocycles. The van der Waals surface area contributed by atoms with Crippen molar-refractivity contribution >= 4 is 49.6 Å².